The zero-order valence-corrected chi connectivity index (χ0v) is 16.9. The number of rotatable bonds is 5. The van der Waals surface area contributed by atoms with Gasteiger partial charge in [-0.25, -0.2) is 14.3 Å². The monoisotopic (exact) mass is 459 g/mol. The molecular weight excluding hydrogens is 446 g/mol. The lowest BCUT2D eigenvalue weighted by molar-refractivity contribution is -0.384. The average molecular weight is 460 g/mol. The van der Waals surface area contributed by atoms with E-state index in [0.717, 1.165) is 14.2 Å². The van der Waals surface area contributed by atoms with Crippen LogP contribution in [0, 0.1) is 10.1 Å². The number of methoxy groups -OCH3 is 2. The van der Waals surface area contributed by atoms with Crippen LogP contribution in [0.1, 0.15) is 20.8 Å². The molecule has 0 aliphatic carbocycles. The predicted octanol–water partition coefficient (Wildman–Crippen LogP) is 3.78. The van der Waals surface area contributed by atoms with Gasteiger partial charge in [-0.2, -0.15) is 5.10 Å². The standard InChI is InChI=1S/C19H14BrN3O6/c1-28-18(24)15-16(13-9-8-11(20)10-14(13)23(26)27)21-22(17(15)19(25)29-2)12-6-4-3-5-7-12/h3-10H,1-2H3. The highest BCUT2D eigenvalue weighted by molar-refractivity contribution is 9.10. The lowest BCUT2D eigenvalue weighted by Crippen LogP contribution is -2.15. The Bertz CT molecular complexity index is 1110. The third kappa shape index (κ3) is 3.74. The molecule has 0 aliphatic rings. The van der Waals surface area contributed by atoms with E-state index in [9.17, 15) is 19.7 Å². The van der Waals surface area contributed by atoms with Crippen LogP contribution < -0.4 is 0 Å². The lowest BCUT2D eigenvalue weighted by atomic mass is 10.0. The van der Waals surface area contributed by atoms with Gasteiger partial charge in [-0.15, -0.1) is 0 Å². The Morgan fingerprint density at radius 3 is 2.31 bits per heavy atom. The third-order valence-electron chi connectivity index (χ3n) is 4.07. The summed E-state index contributed by atoms with van der Waals surface area (Å²) in [5.41, 5.74) is -0.271. The van der Waals surface area contributed by atoms with E-state index in [2.05, 4.69) is 21.0 Å². The Labute approximate surface area is 173 Å². The normalized spacial score (nSPS) is 10.4. The van der Waals surface area contributed by atoms with Crippen LogP contribution in [0.5, 0.6) is 0 Å². The molecular formula is C19H14BrN3O6. The Morgan fingerprint density at radius 1 is 1.07 bits per heavy atom. The van der Waals surface area contributed by atoms with Crippen molar-refractivity contribution < 1.29 is 24.0 Å². The van der Waals surface area contributed by atoms with Gasteiger partial charge in [-0.05, 0) is 24.3 Å². The van der Waals surface area contributed by atoms with Crippen molar-refractivity contribution in [3.05, 3.63) is 74.4 Å². The van der Waals surface area contributed by atoms with Crippen LogP contribution in [0.4, 0.5) is 5.69 Å². The molecule has 148 valence electrons. The van der Waals surface area contributed by atoms with Gasteiger partial charge in [0.1, 0.15) is 11.3 Å². The highest BCUT2D eigenvalue weighted by Gasteiger charge is 2.33. The number of carbonyl (C=O) groups excluding carboxylic acids is 2. The summed E-state index contributed by atoms with van der Waals surface area (Å²) in [6.07, 6.45) is 0. The first kappa shape index (κ1) is 20.2. The molecule has 1 heterocycles. The van der Waals surface area contributed by atoms with Crippen LogP contribution in [0.25, 0.3) is 16.9 Å². The number of hydrogen-bond acceptors (Lipinski definition) is 7. The molecule has 3 aromatic rings. The summed E-state index contributed by atoms with van der Waals surface area (Å²) in [4.78, 5) is 36.1. The number of nitro benzene ring substituents is 1. The summed E-state index contributed by atoms with van der Waals surface area (Å²) in [6.45, 7) is 0. The second-order valence-corrected chi connectivity index (χ2v) is 6.64. The highest BCUT2D eigenvalue weighted by atomic mass is 79.9. The summed E-state index contributed by atoms with van der Waals surface area (Å²) < 4.78 is 11.3. The van der Waals surface area contributed by atoms with E-state index in [1.807, 2.05) is 0 Å². The van der Waals surface area contributed by atoms with Crippen molar-refractivity contribution in [2.24, 2.45) is 0 Å². The maximum Gasteiger partial charge on any atom is 0.357 e. The predicted molar refractivity (Wildman–Crippen MR) is 106 cm³/mol. The van der Waals surface area contributed by atoms with E-state index in [-0.39, 0.29) is 28.2 Å². The van der Waals surface area contributed by atoms with Gasteiger partial charge in [0.2, 0.25) is 0 Å². The molecule has 0 saturated carbocycles. The minimum absolute atomic E-state index is 0.0541. The van der Waals surface area contributed by atoms with Gasteiger partial charge >= 0.3 is 11.9 Å². The van der Waals surface area contributed by atoms with E-state index >= 15 is 0 Å². The minimum atomic E-state index is -0.875. The molecule has 0 saturated heterocycles. The molecule has 3 rings (SSSR count). The fourth-order valence-corrected chi connectivity index (χ4v) is 3.15. The third-order valence-corrected chi connectivity index (χ3v) is 4.56. The van der Waals surface area contributed by atoms with Crippen molar-refractivity contribution in [3.8, 4) is 16.9 Å². The topological polar surface area (TPSA) is 114 Å². The van der Waals surface area contributed by atoms with E-state index in [1.54, 1.807) is 36.4 Å². The number of hydrogen-bond donors (Lipinski definition) is 0. The van der Waals surface area contributed by atoms with Crippen LogP contribution >= 0.6 is 15.9 Å². The maximum atomic E-state index is 12.6. The molecule has 29 heavy (non-hydrogen) atoms. The number of ether oxygens (including phenoxy) is 2. The lowest BCUT2D eigenvalue weighted by Gasteiger charge is -2.07. The first-order valence-electron chi connectivity index (χ1n) is 8.18. The van der Waals surface area contributed by atoms with E-state index < -0.39 is 16.9 Å². The first-order chi connectivity index (χ1) is 13.9. The molecule has 0 radical (unpaired) electrons. The fourth-order valence-electron chi connectivity index (χ4n) is 2.80. The Kier molecular flexibility index (Phi) is 5.74. The van der Waals surface area contributed by atoms with Crippen LogP contribution in [0.2, 0.25) is 0 Å². The van der Waals surface area contributed by atoms with E-state index in [0.29, 0.717) is 10.2 Å². The molecule has 0 unspecified atom stereocenters. The molecule has 2 aromatic carbocycles. The summed E-state index contributed by atoms with van der Waals surface area (Å²) in [5, 5.41) is 15.9. The molecule has 0 aliphatic heterocycles. The number of esters is 2. The second kappa shape index (κ2) is 8.23. The van der Waals surface area contributed by atoms with Crippen LogP contribution in [-0.4, -0.2) is 40.9 Å². The van der Waals surface area contributed by atoms with Gasteiger partial charge in [0, 0.05) is 10.5 Å². The molecule has 1 aromatic heterocycles. The molecule has 0 bridgehead atoms. The molecule has 0 amide bonds. The molecule has 0 N–H and O–H groups in total. The quantitative estimate of drug-likeness (QED) is 0.323. The average Bonchev–Trinajstić information content (AvgIpc) is 3.13. The zero-order valence-electron chi connectivity index (χ0n) is 15.3. The number of halogens is 1. The van der Waals surface area contributed by atoms with Crippen molar-refractivity contribution in [1.29, 1.82) is 0 Å². The number of para-hydroxylation sites is 1. The molecule has 10 heteroatoms. The molecule has 9 nitrogen and oxygen atoms in total. The second-order valence-electron chi connectivity index (χ2n) is 5.72. The van der Waals surface area contributed by atoms with Crippen molar-refractivity contribution in [2.45, 2.75) is 0 Å². The highest BCUT2D eigenvalue weighted by Crippen LogP contribution is 2.36. The fraction of sp³-hybridized carbons (Fsp3) is 0.105. The minimum Gasteiger partial charge on any atom is -0.465 e. The van der Waals surface area contributed by atoms with Gasteiger partial charge < -0.3 is 9.47 Å². The van der Waals surface area contributed by atoms with Crippen LogP contribution in [0.3, 0.4) is 0 Å². The van der Waals surface area contributed by atoms with Gasteiger partial charge in [0.05, 0.1) is 30.4 Å². The van der Waals surface area contributed by atoms with Gasteiger partial charge in [0.15, 0.2) is 5.69 Å². The van der Waals surface area contributed by atoms with Crippen LogP contribution in [-0.2, 0) is 9.47 Å². The molecule has 0 spiro atoms. The maximum absolute atomic E-state index is 12.6. The smallest absolute Gasteiger partial charge is 0.357 e. The van der Waals surface area contributed by atoms with Gasteiger partial charge in [-0.3, -0.25) is 10.1 Å². The van der Waals surface area contributed by atoms with Crippen molar-refractivity contribution in [1.82, 2.24) is 9.78 Å². The Balaban J connectivity index is 2.42. The number of carbonyl (C=O) groups is 2. The summed E-state index contributed by atoms with van der Waals surface area (Å²) >= 11 is 3.19. The number of nitrogens with zero attached hydrogens (tertiary/aromatic N) is 3. The summed E-state index contributed by atoms with van der Waals surface area (Å²) in [7, 11) is 2.30. The molecule has 0 atom stereocenters. The van der Waals surface area contributed by atoms with Crippen LogP contribution in [0.15, 0.2) is 53.0 Å². The number of aromatic nitrogens is 2. The zero-order chi connectivity index (χ0) is 21.1. The molecule has 0 fully saturated rings. The van der Waals surface area contributed by atoms with Gasteiger partial charge in [0.25, 0.3) is 5.69 Å². The van der Waals surface area contributed by atoms with Crippen molar-refractivity contribution in [3.63, 3.8) is 0 Å². The van der Waals surface area contributed by atoms with Crippen molar-refractivity contribution >= 4 is 33.6 Å². The first-order valence-corrected chi connectivity index (χ1v) is 8.97. The summed E-state index contributed by atoms with van der Waals surface area (Å²) in [5.74, 6) is -1.72. The largest absolute Gasteiger partial charge is 0.465 e. The van der Waals surface area contributed by atoms with E-state index in [1.165, 1.54) is 16.8 Å². The number of benzene rings is 2. The van der Waals surface area contributed by atoms with E-state index in [4.69, 9.17) is 9.47 Å². The SMILES string of the molecule is COC(=O)c1c(-c2ccc(Br)cc2[N+](=O)[O-])nn(-c2ccccc2)c1C(=O)OC. The van der Waals surface area contributed by atoms with Gasteiger partial charge in [-0.1, -0.05) is 34.1 Å². The number of nitro groups is 1. The van der Waals surface area contributed by atoms with Crippen molar-refractivity contribution in [2.75, 3.05) is 14.2 Å². The Morgan fingerprint density at radius 2 is 1.72 bits per heavy atom. The Hall–Kier alpha value is -3.53. The summed E-state index contributed by atoms with van der Waals surface area (Å²) in [6, 6.07) is 12.8.